The van der Waals surface area contributed by atoms with Crippen LogP contribution in [0.15, 0.2) is 18.3 Å². The molecule has 0 radical (unpaired) electrons. The Hall–Kier alpha value is -1.06. The summed E-state index contributed by atoms with van der Waals surface area (Å²) in [6.07, 6.45) is 5.45. The van der Waals surface area contributed by atoms with Crippen LogP contribution in [-0.2, 0) is 0 Å². The van der Waals surface area contributed by atoms with E-state index in [4.69, 9.17) is 11.6 Å². The maximum atomic E-state index is 5.92. The molecule has 0 saturated carbocycles. The molecule has 1 unspecified atom stereocenters. The second kappa shape index (κ2) is 4.07. The largest absolute Gasteiger partial charge is 0.342 e. The Balaban J connectivity index is 1.97. The van der Waals surface area contributed by atoms with Crippen LogP contribution in [0.3, 0.4) is 0 Å². The Labute approximate surface area is 99.2 Å². The lowest BCUT2D eigenvalue weighted by molar-refractivity contribution is 0.407. The monoisotopic (exact) mass is 235 g/mol. The molecule has 3 nitrogen and oxygen atoms in total. The van der Waals surface area contributed by atoms with E-state index < -0.39 is 0 Å². The third-order valence-electron chi connectivity index (χ3n) is 3.14. The number of aromatic amines is 1. The molecule has 3 rings (SSSR count). The van der Waals surface area contributed by atoms with Crippen molar-refractivity contribution in [1.82, 2.24) is 15.3 Å². The highest BCUT2D eigenvalue weighted by molar-refractivity contribution is 6.31. The second-order valence-electron chi connectivity index (χ2n) is 4.32. The van der Waals surface area contributed by atoms with Gasteiger partial charge in [0, 0.05) is 23.3 Å². The van der Waals surface area contributed by atoms with Crippen LogP contribution < -0.4 is 5.32 Å². The fourth-order valence-electron chi connectivity index (χ4n) is 2.31. The van der Waals surface area contributed by atoms with Crippen molar-refractivity contribution < 1.29 is 0 Å². The normalized spacial score (nSPS) is 21.4. The zero-order chi connectivity index (χ0) is 11.0. The topological polar surface area (TPSA) is 40.7 Å². The minimum atomic E-state index is 0.446. The van der Waals surface area contributed by atoms with Gasteiger partial charge in [0.2, 0.25) is 0 Å². The summed E-state index contributed by atoms with van der Waals surface area (Å²) in [5.74, 6) is 0. The maximum absolute atomic E-state index is 5.92. The van der Waals surface area contributed by atoms with Gasteiger partial charge in [0.15, 0.2) is 0 Å². The van der Waals surface area contributed by atoms with Gasteiger partial charge in [-0.15, -0.1) is 0 Å². The first-order valence-electron chi connectivity index (χ1n) is 5.70. The summed E-state index contributed by atoms with van der Waals surface area (Å²) in [6.45, 7) is 1.11. The number of nitrogens with zero attached hydrogens (tertiary/aromatic N) is 1. The van der Waals surface area contributed by atoms with Crippen LogP contribution in [0.2, 0.25) is 5.02 Å². The summed E-state index contributed by atoms with van der Waals surface area (Å²) in [5.41, 5.74) is 2.15. The number of aromatic nitrogens is 2. The Morgan fingerprint density at radius 2 is 2.25 bits per heavy atom. The molecule has 16 heavy (non-hydrogen) atoms. The van der Waals surface area contributed by atoms with E-state index in [1.54, 1.807) is 6.20 Å². The summed E-state index contributed by atoms with van der Waals surface area (Å²) in [6, 6.07) is 4.55. The molecule has 1 fully saturated rings. The summed E-state index contributed by atoms with van der Waals surface area (Å²) in [4.78, 5) is 7.64. The molecule has 0 amide bonds. The number of rotatable bonds is 1. The third kappa shape index (κ3) is 1.81. The fraction of sp³-hybridized carbons (Fsp3) is 0.417. The van der Waals surface area contributed by atoms with Gasteiger partial charge in [-0.3, -0.25) is 0 Å². The number of fused-ring (bicyclic) bond motifs is 1. The van der Waals surface area contributed by atoms with Crippen LogP contribution in [0.5, 0.6) is 0 Å². The minimum Gasteiger partial charge on any atom is -0.342 e. The van der Waals surface area contributed by atoms with Gasteiger partial charge in [-0.2, -0.15) is 0 Å². The number of hydrogen-bond donors (Lipinski definition) is 2. The highest BCUT2D eigenvalue weighted by atomic mass is 35.5. The highest BCUT2D eigenvalue weighted by Gasteiger charge is 2.16. The average molecular weight is 236 g/mol. The van der Waals surface area contributed by atoms with Crippen molar-refractivity contribution in [3.05, 3.63) is 29.0 Å². The Morgan fingerprint density at radius 1 is 1.31 bits per heavy atom. The molecule has 3 heterocycles. The molecule has 2 N–H and O–H groups in total. The number of pyridine rings is 1. The predicted molar refractivity (Wildman–Crippen MR) is 65.7 cm³/mol. The first-order valence-corrected chi connectivity index (χ1v) is 6.08. The third-order valence-corrected chi connectivity index (χ3v) is 3.35. The highest BCUT2D eigenvalue weighted by Crippen LogP contribution is 2.26. The number of halogens is 1. The van der Waals surface area contributed by atoms with Crippen molar-refractivity contribution in [3.8, 4) is 0 Å². The van der Waals surface area contributed by atoms with Crippen molar-refractivity contribution >= 4 is 22.6 Å². The van der Waals surface area contributed by atoms with Crippen LogP contribution in [0.25, 0.3) is 11.0 Å². The van der Waals surface area contributed by atoms with Gasteiger partial charge in [0.1, 0.15) is 5.65 Å². The van der Waals surface area contributed by atoms with Crippen molar-refractivity contribution in [1.29, 1.82) is 0 Å². The van der Waals surface area contributed by atoms with Gasteiger partial charge in [-0.05, 0) is 31.5 Å². The van der Waals surface area contributed by atoms with Gasteiger partial charge in [-0.1, -0.05) is 18.0 Å². The van der Waals surface area contributed by atoms with Gasteiger partial charge in [0.25, 0.3) is 0 Å². The van der Waals surface area contributed by atoms with Crippen LogP contribution in [0.4, 0.5) is 0 Å². The zero-order valence-corrected chi connectivity index (χ0v) is 9.72. The molecule has 2 aromatic heterocycles. The number of nitrogens with one attached hydrogen (secondary N) is 2. The van der Waals surface area contributed by atoms with E-state index in [0.717, 1.165) is 17.6 Å². The molecule has 1 atom stereocenters. The summed E-state index contributed by atoms with van der Waals surface area (Å²) >= 11 is 5.92. The smallest absolute Gasteiger partial charge is 0.137 e. The molecule has 0 aliphatic carbocycles. The Morgan fingerprint density at radius 3 is 3.06 bits per heavy atom. The molecular weight excluding hydrogens is 222 g/mol. The van der Waals surface area contributed by atoms with Crippen LogP contribution in [-0.4, -0.2) is 16.5 Å². The molecule has 0 aromatic carbocycles. The fourth-order valence-corrected chi connectivity index (χ4v) is 2.48. The molecule has 1 saturated heterocycles. The molecule has 1 aliphatic rings. The van der Waals surface area contributed by atoms with Gasteiger partial charge in [0.05, 0.1) is 5.02 Å². The van der Waals surface area contributed by atoms with E-state index in [-0.39, 0.29) is 0 Å². The van der Waals surface area contributed by atoms with Crippen molar-refractivity contribution in [2.24, 2.45) is 0 Å². The summed E-state index contributed by atoms with van der Waals surface area (Å²) in [5, 5.41) is 5.30. The molecule has 2 aromatic rings. The van der Waals surface area contributed by atoms with E-state index in [2.05, 4.69) is 21.4 Å². The van der Waals surface area contributed by atoms with E-state index in [9.17, 15) is 0 Å². The number of H-pyrrole nitrogens is 1. The molecule has 1 aliphatic heterocycles. The lowest BCUT2D eigenvalue weighted by Gasteiger charge is -2.22. The van der Waals surface area contributed by atoms with Crippen LogP contribution in [0.1, 0.15) is 31.0 Å². The van der Waals surface area contributed by atoms with E-state index >= 15 is 0 Å². The van der Waals surface area contributed by atoms with Crippen molar-refractivity contribution in [2.45, 2.75) is 25.3 Å². The molecule has 0 spiro atoms. The Kier molecular flexibility index (Phi) is 2.58. The summed E-state index contributed by atoms with van der Waals surface area (Å²) in [7, 11) is 0. The SMILES string of the molecule is Clc1cnc2[nH]c(C3CCCCN3)cc2c1. The van der Waals surface area contributed by atoms with Gasteiger partial charge in [-0.25, -0.2) is 4.98 Å². The molecular formula is C12H14ClN3. The number of piperidine rings is 1. The lowest BCUT2D eigenvalue weighted by atomic mass is 10.0. The van der Waals surface area contributed by atoms with E-state index in [1.807, 2.05) is 6.07 Å². The van der Waals surface area contributed by atoms with Crippen molar-refractivity contribution in [3.63, 3.8) is 0 Å². The maximum Gasteiger partial charge on any atom is 0.137 e. The van der Waals surface area contributed by atoms with Crippen molar-refractivity contribution in [2.75, 3.05) is 6.54 Å². The quantitative estimate of drug-likeness (QED) is 0.798. The molecule has 0 bridgehead atoms. The van der Waals surface area contributed by atoms with Gasteiger partial charge >= 0.3 is 0 Å². The lowest BCUT2D eigenvalue weighted by Crippen LogP contribution is -2.26. The molecule has 84 valence electrons. The minimum absolute atomic E-state index is 0.446. The van der Waals surface area contributed by atoms with E-state index in [0.29, 0.717) is 11.1 Å². The average Bonchev–Trinajstić information content (AvgIpc) is 2.73. The van der Waals surface area contributed by atoms with Crippen LogP contribution >= 0.6 is 11.6 Å². The first-order chi connectivity index (χ1) is 7.83. The van der Waals surface area contributed by atoms with E-state index in [1.165, 1.54) is 25.0 Å². The van der Waals surface area contributed by atoms with Crippen LogP contribution in [0, 0.1) is 0 Å². The van der Waals surface area contributed by atoms with Gasteiger partial charge < -0.3 is 10.3 Å². The second-order valence-corrected chi connectivity index (χ2v) is 4.75. The predicted octanol–water partition coefficient (Wildman–Crippen LogP) is 3.03. The summed E-state index contributed by atoms with van der Waals surface area (Å²) < 4.78 is 0. The standard InChI is InChI=1S/C12H14ClN3/c13-9-5-8-6-11(16-12(8)15-7-9)10-3-1-2-4-14-10/h5-7,10,14H,1-4H2,(H,15,16). The Bertz CT molecular complexity index is 500. The molecule has 4 heteroatoms. The zero-order valence-electron chi connectivity index (χ0n) is 8.96. The first kappa shape index (κ1) is 10.1. The number of hydrogen-bond acceptors (Lipinski definition) is 2.